The molecule has 2 aliphatic heterocycles. The van der Waals surface area contributed by atoms with Gasteiger partial charge in [0.15, 0.2) is 5.92 Å². The van der Waals surface area contributed by atoms with E-state index in [9.17, 15) is 18.0 Å². The largest absolute Gasteiger partial charge is 0.476 e. The van der Waals surface area contributed by atoms with Gasteiger partial charge in [0.1, 0.15) is 6.61 Å². The van der Waals surface area contributed by atoms with Crippen LogP contribution in [-0.2, 0) is 17.9 Å². The molecule has 24 heavy (non-hydrogen) atoms. The number of pyridine rings is 1. The average Bonchev–Trinajstić information content (AvgIpc) is 2.94. The Balaban J connectivity index is 1.82. The molecule has 1 amide bonds. The van der Waals surface area contributed by atoms with Crippen LogP contribution < -0.4 is 10.5 Å². The second-order valence-electron chi connectivity index (χ2n) is 5.33. The van der Waals surface area contributed by atoms with Gasteiger partial charge in [0, 0.05) is 19.2 Å². The number of nitrogens with two attached hydrogens (primary N) is 1. The Bertz CT molecular complexity index is 717. The van der Waals surface area contributed by atoms with E-state index in [4.69, 9.17) is 10.5 Å². The minimum absolute atomic E-state index is 0.135. The van der Waals surface area contributed by atoms with Crippen molar-refractivity contribution < 1.29 is 22.7 Å². The van der Waals surface area contributed by atoms with Gasteiger partial charge in [-0.05, 0) is 11.6 Å². The molecule has 1 aromatic rings. The van der Waals surface area contributed by atoms with E-state index in [1.165, 1.54) is 4.90 Å². The molecule has 0 aliphatic carbocycles. The number of halogens is 3. The van der Waals surface area contributed by atoms with E-state index in [1.54, 1.807) is 12.1 Å². The minimum Gasteiger partial charge on any atom is -0.476 e. The van der Waals surface area contributed by atoms with Crippen molar-refractivity contribution in [2.24, 2.45) is 21.9 Å². The summed E-state index contributed by atoms with van der Waals surface area (Å²) in [6, 6.07) is 3.38. The maximum absolute atomic E-state index is 13.2. The lowest BCUT2D eigenvalue weighted by Crippen LogP contribution is -2.38. The lowest BCUT2D eigenvalue weighted by molar-refractivity contribution is -0.177. The topological polar surface area (TPSA) is 93.2 Å². The van der Waals surface area contributed by atoms with Gasteiger partial charge in [-0.25, -0.2) is 4.98 Å². The summed E-state index contributed by atoms with van der Waals surface area (Å²) >= 11 is 0. The summed E-state index contributed by atoms with van der Waals surface area (Å²) < 4.78 is 44.9. The first kappa shape index (κ1) is 16.4. The van der Waals surface area contributed by atoms with E-state index < -0.39 is 18.0 Å². The summed E-state index contributed by atoms with van der Waals surface area (Å²) in [4.78, 5) is 17.3. The van der Waals surface area contributed by atoms with Gasteiger partial charge in [-0.15, -0.1) is 5.11 Å². The normalized spacial score (nSPS) is 20.2. The van der Waals surface area contributed by atoms with Crippen LogP contribution in [-0.4, -0.2) is 35.1 Å². The van der Waals surface area contributed by atoms with Crippen LogP contribution in [0.5, 0.6) is 5.88 Å². The fourth-order valence-electron chi connectivity index (χ4n) is 2.64. The minimum atomic E-state index is -4.72. The first-order chi connectivity index (χ1) is 11.4. The molecule has 1 aromatic heterocycles. The second kappa shape index (κ2) is 6.19. The van der Waals surface area contributed by atoms with Crippen LogP contribution >= 0.6 is 0 Å². The third-order valence-corrected chi connectivity index (χ3v) is 3.69. The fraction of sp³-hybridized carbons (Fsp3) is 0.429. The summed E-state index contributed by atoms with van der Waals surface area (Å²) in [6.45, 7) is 0.973. The Morgan fingerprint density at radius 3 is 2.83 bits per heavy atom. The van der Waals surface area contributed by atoms with Gasteiger partial charge in [-0.3, -0.25) is 4.79 Å². The third-order valence-electron chi connectivity index (χ3n) is 3.69. The van der Waals surface area contributed by atoms with Gasteiger partial charge in [0.2, 0.25) is 5.88 Å². The lowest BCUT2D eigenvalue weighted by Gasteiger charge is -2.28. The Hall–Kier alpha value is -2.49. The van der Waals surface area contributed by atoms with Crippen LogP contribution in [0, 0.1) is 5.92 Å². The van der Waals surface area contributed by atoms with Crippen molar-refractivity contribution in [1.82, 2.24) is 9.88 Å². The number of azo groups is 1. The zero-order chi connectivity index (χ0) is 17.3. The number of alkyl halides is 3. The highest BCUT2D eigenvalue weighted by molar-refractivity contribution is 5.83. The third kappa shape index (κ3) is 3.09. The molecule has 2 N–H and O–H groups in total. The van der Waals surface area contributed by atoms with Gasteiger partial charge in [-0.2, -0.15) is 18.3 Å². The second-order valence-corrected chi connectivity index (χ2v) is 5.33. The first-order valence-corrected chi connectivity index (χ1v) is 7.18. The van der Waals surface area contributed by atoms with E-state index in [1.807, 2.05) is 0 Å². The highest BCUT2D eigenvalue weighted by Gasteiger charge is 2.50. The van der Waals surface area contributed by atoms with Crippen LogP contribution in [0.4, 0.5) is 13.2 Å². The Morgan fingerprint density at radius 1 is 1.33 bits per heavy atom. The van der Waals surface area contributed by atoms with Crippen molar-refractivity contribution in [1.29, 1.82) is 0 Å². The van der Waals surface area contributed by atoms with E-state index in [2.05, 4.69) is 15.2 Å². The van der Waals surface area contributed by atoms with Crippen molar-refractivity contribution in [3.05, 3.63) is 35.3 Å². The summed E-state index contributed by atoms with van der Waals surface area (Å²) in [5.41, 5.74) is 6.50. The van der Waals surface area contributed by atoms with E-state index in [0.29, 0.717) is 24.7 Å². The molecule has 0 radical (unpaired) electrons. The van der Waals surface area contributed by atoms with Crippen molar-refractivity contribution in [3.8, 4) is 5.88 Å². The predicted molar refractivity (Wildman–Crippen MR) is 75.5 cm³/mol. The van der Waals surface area contributed by atoms with Crippen LogP contribution in [0.1, 0.15) is 11.3 Å². The number of carbonyl (C=O) groups is 1. The monoisotopic (exact) mass is 341 g/mol. The first-order valence-electron chi connectivity index (χ1n) is 7.18. The number of ether oxygens (including phenoxy) is 1. The summed E-state index contributed by atoms with van der Waals surface area (Å²) in [5, 5.41) is 6.39. The zero-order valence-corrected chi connectivity index (χ0v) is 12.5. The molecular formula is C14H14F3N5O2. The maximum Gasteiger partial charge on any atom is 0.406 e. The number of fused-ring (bicyclic) bond motifs is 1. The van der Waals surface area contributed by atoms with Gasteiger partial charge in [-0.1, -0.05) is 0 Å². The van der Waals surface area contributed by atoms with Gasteiger partial charge in [0.05, 0.1) is 24.1 Å². The highest BCUT2D eigenvalue weighted by atomic mass is 19.4. The SMILES string of the molecule is NCCOc1ccc2c(n1)CN(C1=CN=NC(=O)C1C(F)(F)F)C2. The Labute approximate surface area is 135 Å². The maximum atomic E-state index is 13.2. The van der Waals surface area contributed by atoms with Crippen LogP contribution in [0.25, 0.3) is 0 Å². The van der Waals surface area contributed by atoms with Crippen LogP contribution in [0.3, 0.4) is 0 Å². The molecule has 3 heterocycles. The van der Waals surface area contributed by atoms with Gasteiger partial charge >= 0.3 is 6.18 Å². The number of carbonyl (C=O) groups excluding carboxylic acids is 1. The molecular weight excluding hydrogens is 327 g/mol. The molecule has 0 saturated heterocycles. The molecule has 3 rings (SSSR count). The van der Waals surface area contributed by atoms with E-state index in [-0.39, 0.29) is 18.8 Å². The number of rotatable bonds is 4. The van der Waals surface area contributed by atoms with E-state index >= 15 is 0 Å². The van der Waals surface area contributed by atoms with Crippen molar-refractivity contribution >= 4 is 5.91 Å². The molecule has 0 spiro atoms. The Morgan fingerprint density at radius 2 is 2.12 bits per heavy atom. The van der Waals surface area contributed by atoms with Crippen molar-refractivity contribution in [2.75, 3.05) is 13.2 Å². The van der Waals surface area contributed by atoms with Crippen LogP contribution in [0.2, 0.25) is 0 Å². The van der Waals surface area contributed by atoms with Crippen LogP contribution in [0.15, 0.2) is 34.3 Å². The fourth-order valence-corrected chi connectivity index (χ4v) is 2.64. The Kier molecular flexibility index (Phi) is 4.22. The quantitative estimate of drug-likeness (QED) is 0.900. The number of hydrogen-bond acceptors (Lipinski definition) is 6. The molecule has 0 fully saturated rings. The van der Waals surface area contributed by atoms with E-state index in [0.717, 1.165) is 11.8 Å². The van der Waals surface area contributed by atoms with Crippen molar-refractivity contribution in [3.63, 3.8) is 0 Å². The molecule has 128 valence electrons. The summed E-state index contributed by atoms with van der Waals surface area (Å²) in [7, 11) is 0. The number of nitrogens with zero attached hydrogens (tertiary/aromatic N) is 4. The van der Waals surface area contributed by atoms with Gasteiger partial charge in [0.25, 0.3) is 5.91 Å². The lowest BCUT2D eigenvalue weighted by atomic mass is 10.0. The number of aromatic nitrogens is 1. The molecule has 1 atom stereocenters. The summed E-state index contributed by atoms with van der Waals surface area (Å²) in [5.74, 6) is -3.24. The molecule has 10 heteroatoms. The number of hydrogen-bond donors (Lipinski definition) is 1. The smallest absolute Gasteiger partial charge is 0.406 e. The molecule has 1 unspecified atom stereocenters. The molecule has 2 aliphatic rings. The molecule has 7 nitrogen and oxygen atoms in total. The molecule has 0 saturated carbocycles. The summed E-state index contributed by atoms with van der Waals surface area (Å²) in [6.07, 6.45) is -3.74. The highest BCUT2D eigenvalue weighted by Crippen LogP contribution is 2.39. The predicted octanol–water partition coefficient (Wildman–Crippen LogP) is 1.75. The standard InChI is InChI=1S/C14H14F3N5O2/c15-14(16,17)12-10(5-19-21-13(12)23)22-6-8-1-2-11(24-4-3-18)20-9(8)7-22/h1-2,5,12H,3-4,6-7,18H2. The molecule has 0 bridgehead atoms. The number of amides is 1. The van der Waals surface area contributed by atoms with Crippen molar-refractivity contribution in [2.45, 2.75) is 19.3 Å². The molecule has 0 aromatic carbocycles. The zero-order valence-electron chi connectivity index (χ0n) is 12.5. The average molecular weight is 341 g/mol. The van der Waals surface area contributed by atoms with Gasteiger partial charge < -0.3 is 15.4 Å².